The fourth-order valence-electron chi connectivity index (χ4n) is 4.73. The standard InChI is InChI=1S/C24H21F3N6/c25-15-3-4-18(26)17(8-15)21-2-1-7-32(21)22-6-5-20-24(31-22)23(19(27)12-29-20)14-9-30-33(13-14)16-10-28-11-16/h3-6,8-9,12-13,16,21,28H,1-2,7,10-11H2/t21-/m1/s1. The molecule has 3 aromatic heterocycles. The van der Waals surface area contributed by atoms with Crippen molar-refractivity contribution in [2.75, 3.05) is 24.5 Å². The number of anilines is 1. The molecule has 33 heavy (non-hydrogen) atoms. The minimum absolute atomic E-state index is 0.255. The van der Waals surface area contributed by atoms with Gasteiger partial charge in [-0.2, -0.15) is 5.10 Å². The number of fused-ring (bicyclic) bond motifs is 1. The van der Waals surface area contributed by atoms with E-state index in [9.17, 15) is 8.78 Å². The van der Waals surface area contributed by atoms with Gasteiger partial charge in [-0.25, -0.2) is 18.2 Å². The van der Waals surface area contributed by atoms with Gasteiger partial charge in [0.15, 0.2) is 5.82 Å². The molecule has 1 aromatic carbocycles. The summed E-state index contributed by atoms with van der Waals surface area (Å²) in [7, 11) is 0. The monoisotopic (exact) mass is 450 g/mol. The van der Waals surface area contributed by atoms with Crippen LogP contribution in [0.1, 0.15) is 30.5 Å². The van der Waals surface area contributed by atoms with Crippen molar-refractivity contribution in [3.05, 3.63) is 71.9 Å². The van der Waals surface area contributed by atoms with Crippen molar-refractivity contribution in [2.24, 2.45) is 0 Å². The van der Waals surface area contributed by atoms with Crippen LogP contribution in [0.2, 0.25) is 0 Å². The lowest BCUT2D eigenvalue weighted by Crippen LogP contribution is -2.43. The van der Waals surface area contributed by atoms with Crippen LogP contribution in [0.15, 0.2) is 48.9 Å². The predicted molar refractivity (Wildman–Crippen MR) is 118 cm³/mol. The number of nitrogens with zero attached hydrogens (tertiary/aromatic N) is 5. The average molecular weight is 450 g/mol. The molecule has 5 heterocycles. The largest absolute Gasteiger partial charge is 0.349 e. The number of nitrogens with one attached hydrogen (secondary N) is 1. The van der Waals surface area contributed by atoms with E-state index >= 15 is 4.39 Å². The van der Waals surface area contributed by atoms with Crippen LogP contribution in [-0.2, 0) is 0 Å². The smallest absolute Gasteiger partial charge is 0.151 e. The third-order valence-electron chi connectivity index (χ3n) is 6.54. The van der Waals surface area contributed by atoms with Crippen molar-refractivity contribution in [3.8, 4) is 11.1 Å². The van der Waals surface area contributed by atoms with Crippen LogP contribution in [0.25, 0.3) is 22.2 Å². The molecule has 2 aliphatic rings. The molecule has 0 radical (unpaired) electrons. The van der Waals surface area contributed by atoms with Gasteiger partial charge >= 0.3 is 0 Å². The molecule has 0 aliphatic carbocycles. The Morgan fingerprint density at radius 3 is 2.70 bits per heavy atom. The van der Waals surface area contributed by atoms with Crippen molar-refractivity contribution >= 4 is 16.9 Å². The maximum atomic E-state index is 15.0. The molecule has 9 heteroatoms. The zero-order chi connectivity index (χ0) is 22.5. The molecule has 0 spiro atoms. The maximum Gasteiger partial charge on any atom is 0.151 e. The molecule has 4 aromatic rings. The highest BCUT2D eigenvalue weighted by Crippen LogP contribution is 2.38. The Labute approximate surface area is 188 Å². The van der Waals surface area contributed by atoms with Crippen LogP contribution in [0.5, 0.6) is 0 Å². The second kappa shape index (κ2) is 7.84. The molecule has 6 nitrogen and oxygen atoms in total. The van der Waals surface area contributed by atoms with Gasteiger partial charge in [0.25, 0.3) is 0 Å². The van der Waals surface area contributed by atoms with E-state index in [4.69, 9.17) is 4.98 Å². The van der Waals surface area contributed by atoms with E-state index in [0.29, 0.717) is 46.5 Å². The molecule has 0 amide bonds. The third-order valence-corrected chi connectivity index (χ3v) is 6.54. The second-order valence-corrected chi connectivity index (χ2v) is 8.56. The third kappa shape index (κ3) is 3.43. The van der Waals surface area contributed by atoms with E-state index in [1.54, 1.807) is 18.3 Å². The van der Waals surface area contributed by atoms with Crippen molar-refractivity contribution in [1.82, 2.24) is 25.1 Å². The number of benzene rings is 1. The van der Waals surface area contributed by atoms with Gasteiger partial charge in [-0.1, -0.05) is 0 Å². The lowest BCUT2D eigenvalue weighted by molar-refractivity contribution is 0.318. The molecule has 2 aliphatic heterocycles. The first-order chi connectivity index (χ1) is 16.1. The first-order valence-electron chi connectivity index (χ1n) is 11.0. The predicted octanol–water partition coefficient (Wildman–Crippen LogP) is 4.40. The quantitative estimate of drug-likeness (QED) is 0.500. The average Bonchev–Trinajstić information content (AvgIpc) is 3.44. The highest BCUT2D eigenvalue weighted by atomic mass is 19.1. The highest BCUT2D eigenvalue weighted by Gasteiger charge is 2.30. The Hall–Kier alpha value is -3.46. The van der Waals surface area contributed by atoms with E-state index in [2.05, 4.69) is 15.4 Å². The summed E-state index contributed by atoms with van der Waals surface area (Å²) >= 11 is 0. The van der Waals surface area contributed by atoms with E-state index in [-0.39, 0.29) is 12.1 Å². The van der Waals surface area contributed by atoms with Crippen molar-refractivity contribution < 1.29 is 13.2 Å². The van der Waals surface area contributed by atoms with Crippen molar-refractivity contribution in [3.63, 3.8) is 0 Å². The fraction of sp³-hybridized carbons (Fsp3) is 0.292. The van der Waals surface area contributed by atoms with E-state index < -0.39 is 17.5 Å². The van der Waals surface area contributed by atoms with Gasteiger partial charge in [-0.3, -0.25) is 9.67 Å². The molecule has 0 saturated carbocycles. The molecule has 6 rings (SSSR count). The van der Waals surface area contributed by atoms with Crippen LogP contribution in [0, 0.1) is 17.5 Å². The lowest BCUT2D eigenvalue weighted by Gasteiger charge is -2.27. The van der Waals surface area contributed by atoms with Gasteiger partial charge in [-0.05, 0) is 43.2 Å². The summed E-state index contributed by atoms with van der Waals surface area (Å²) in [5.74, 6) is -0.817. The first kappa shape index (κ1) is 20.2. The van der Waals surface area contributed by atoms with Gasteiger partial charge < -0.3 is 10.2 Å². The SMILES string of the molecule is Fc1ccc(F)c([C@H]2CCCN2c2ccc3ncc(F)c(-c4cnn(C5CNC5)c4)c3n2)c1. The zero-order valence-corrected chi connectivity index (χ0v) is 17.7. The van der Waals surface area contributed by atoms with Gasteiger partial charge in [0.05, 0.1) is 35.6 Å². The van der Waals surface area contributed by atoms with Crippen LogP contribution in [-0.4, -0.2) is 39.4 Å². The molecule has 168 valence electrons. The van der Waals surface area contributed by atoms with Crippen LogP contribution in [0.3, 0.4) is 0 Å². The number of aromatic nitrogens is 4. The zero-order valence-electron chi connectivity index (χ0n) is 17.7. The van der Waals surface area contributed by atoms with Crippen LogP contribution < -0.4 is 10.2 Å². The maximum absolute atomic E-state index is 15.0. The summed E-state index contributed by atoms with van der Waals surface area (Å²) in [5, 5.41) is 7.61. The second-order valence-electron chi connectivity index (χ2n) is 8.56. The minimum Gasteiger partial charge on any atom is -0.349 e. The number of halogens is 3. The van der Waals surface area contributed by atoms with Gasteiger partial charge in [-0.15, -0.1) is 0 Å². The van der Waals surface area contributed by atoms with E-state index in [0.717, 1.165) is 31.6 Å². The normalized spacial score (nSPS) is 18.8. The minimum atomic E-state index is -0.479. The van der Waals surface area contributed by atoms with Gasteiger partial charge in [0.2, 0.25) is 0 Å². The Balaban J connectivity index is 1.43. The molecular weight excluding hydrogens is 429 g/mol. The Morgan fingerprint density at radius 1 is 1.00 bits per heavy atom. The summed E-state index contributed by atoms with van der Waals surface area (Å²) < 4.78 is 45.2. The number of rotatable bonds is 4. The van der Waals surface area contributed by atoms with Crippen LogP contribution in [0.4, 0.5) is 19.0 Å². The molecule has 0 bridgehead atoms. The van der Waals surface area contributed by atoms with Gasteiger partial charge in [0.1, 0.15) is 23.0 Å². The van der Waals surface area contributed by atoms with E-state index in [1.807, 2.05) is 15.8 Å². The molecule has 0 unspecified atom stereocenters. The first-order valence-corrected chi connectivity index (χ1v) is 11.0. The Bertz CT molecular complexity index is 1350. The van der Waals surface area contributed by atoms with Gasteiger partial charge in [0, 0.05) is 37.0 Å². The summed E-state index contributed by atoms with van der Waals surface area (Å²) in [6.45, 7) is 2.30. The number of hydrogen-bond acceptors (Lipinski definition) is 5. The summed E-state index contributed by atoms with van der Waals surface area (Å²) in [5.41, 5.74) is 2.26. The van der Waals surface area contributed by atoms with E-state index in [1.165, 1.54) is 12.3 Å². The summed E-state index contributed by atoms with van der Waals surface area (Å²) in [6, 6.07) is 7.02. The Morgan fingerprint density at radius 2 is 1.88 bits per heavy atom. The molecule has 1 N–H and O–H groups in total. The highest BCUT2D eigenvalue weighted by molar-refractivity contribution is 5.92. The van der Waals surface area contributed by atoms with Crippen molar-refractivity contribution in [2.45, 2.75) is 24.9 Å². The van der Waals surface area contributed by atoms with Crippen molar-refractivity contribution in [1.29, 1.82) is 0 Å². The number of hydrogen-bond donors (Lipinski definition) is 1. The molecule has 2 fully saturated rings. The Kier molecular flexibility index (Phi) is 4.79. The molecular formula is C24H21F3N6. The summed E-state index contributed by atoms with van der Waals surface area (Å²) in [6.07, 6.45) is 6.17. The molecule has 1 atom stereocenters. The van der Waals surface area contributed by atoms with Crippen LogP contribution >= 0.6 is 0 Å². The molecule has 2 saturated heterocycles. The number of pyridine rings is 2. The summed E-state index contributed by atoms with van der Waals surface area (Å²) in [4.78, 5) is 10.9. The topological polar surface area (TPSA) is 58.9 Å². The fourth-order valence-corrected chi connectivity index (χ4v) is 4.73. The lowest BCUT2D eigenvalue weighted by atomic mass is 10.0.